The minimum absolute atomic E-state index is 0.0494. The highest BCUT2D eigenvalue weighted by molar-refractivity contribution is 6.02. The number of nitrogens with one attached hydrogen (secondary N) is 3. The fourth-order valence-electron chi connectivity index (χ4n) is 7.66. The number of nitrogens with zero attached hydrogens (tertiary/aromatic N) is 1. The van der Waals surface area contributed by atoms with Gasteiger partial charge in [0.1, 0.15) is 6.04 Å². The molecule has 5 aliphatic rings. The lowest BCUT2D eigenvalue weighted by molar-refractivity contribution is -0.145. The van der Waals surface area contributed by atoms with Gasteiger partial charge in [0.05, 0.1) is 0 Å². The number of carbonyl (C=O) groups excluding carboxylic acids is 4. The van der Waals surface area contributed by atoms with Crippen molar-refractivity contribution in [2.75, 3.05) is 13.1 Å². The third-order valence-electron chi connectivity index (χ3n) is 9.69. The first-order valence-corrected chi connectivity index (χ1v) is 14.2. The lowest BCUT2D eigenvalue weighted by Crippen LogP contribution is -2.53. The predicted octanol–water partition coefficient (Wildman–Crippen LogP) is 3.10. The Kier molecular flexibility index (Phi) is 7.63. The third-order valence-corrected chi connectivity index (χ3v) is 9.69. The van der Waals surface area contributed by atoms with E-state index in [1.807, 2.05) is 0 Å². The number of likely N-dealkylation sites (tertiary alicyclic amines) is 1. The summed E-state index contributed by atoms with van der Waals surface area (Å²) in [5.41, 5.74) is 0. The van der Waals surface area contributed by atoms with Crippen LogP contribution in [-0.4, -0.2) is 53.8 Å². The number of fused-ring (bicyclic) bond motifs is 1. The van der Waals surface area contributed by atoms with E-state index in [2.05, 4.69) is 16.0 Å². The van der Waals surface area contributed by atoms with Gasteiger partial charge in [-0.2, -0.15) is 0 Å². The van der Waals surface area contributed by atoms with Gasteiger partial charge in [-0.1, -0.05) is 32.1 Å². The van der Waals surface area contributed by atoms with Crippen molar-refractivity contribution in [3.8, 4) is 0 Å². The number of hydrogen-bond donors (Lipinski definition) is 3. The van der Waals surface area contributed by atoms with Crippen molar-refractivity contribution in [3.63, 3.8) is 0 Å². The molecule has 194 valence electrons. The Balaban J connectivity index is 1.03. The monoisotopic (exact) mass is 486 g/mol. The SMILES string of the molecule is O=C1CCC(N2CC3CCC(CNC(=O)NC4CCC(C5CCCCC5)CC4)CC3C2=O)C(=O)N1. The standard InChI is InChI=1S/C27H42N4O4/c32-24-13-12-23(25(33)30-24)31-16-20-7-6-17(14-22(20)26(31)34)15-28-27(35)29-21-10-8-19(9-11-21)18-4-2-1-3-5-18/h17-23H,1-16H2,(H2,28,29,35)(H,30,32,33). The smallest absolute Gasteiger partial charge is 0.315 e. The van der Waals surface area contributed by atoms with E-state index >= 15 is 0 Å². The molecular formula is C27H42N4O4. The molecule has 8 heteroatoms. The molecule has 0 spiro atoms. The first-order valence-electron chi connectivity index (χ1n) is 14.2. The van der Waals surface area contributed by atoms with Crippen LogP contribution < -0.4 is 16.0 Å². The number of rotatable bonds is 5. The zero-order valence-electron chi connectivity index (χ0n) is 20.9. The highest BCUT2D eigenvalue weighted by Crippen LogP contribution is 2.41. The van der Waals surface area contributed by atoms with E-state index in [4.69, 9.17) is 0 Å². The molecule has 3 N–H and O–H groups in total. The molecule has 0 aromatic rings. The van der Waals surface area contributed by atoms with Crippen molar-refractivity contribution in [3.05, 3.63) is 0 Å². The summed E-state index contributed by atoms with van der Waals surface area (Å²) in [6, 6.07) is -0.304. The highest BCUT2D eigenvalue weighted by Gasteiger charge is 2.48. The topological polar surface area (TPSA) is 108 Å². The van der Waals surface area contributed by atoms with Gasteiger partial charge in [0.15, 0.2) is 0 Å². The molecule has 0 aromatic carbocycles. The second-order valence-electron chi connectivity index (χ2n) is 11.9. The molecule has 3 saturated carbocycles. The van der Waals surface area contributed by atoms with Crippen molar-refractivity contribution in [1.82, 2.24) is 20.9 Å². The Hall–Kier alpha value is -2.12. The summed E-state index contributed by atoms with van der Waals surface area (Å²) in [6.45, 7) is 1.21. The summed E-state index contributed by atoms with van der Waals surface area (Å²) in [5.74, 6) is 1.72. The van der Waals surface area contributed by atoms with Gasteiger partial charge in [0.2, 0.25) is 17.7 Å². The second kappa shape index (κ2) is 10.9. The number of urea groups is 1. The Morgan fingerprint density at radius 3 is 2.31 bits per heavy atom. The van der Waals surface area contributed by atoms with E-state index in [1.165, 1.54) is 44.9 Å². The Bertz CT molecular complexity index is 818. The normalized spacial score (nSPS) is 36.5. The summed E-state index contributed by atoms with van der Waals surface area (Å²) in [5, 5.41) is 8.65. The zero-order valence-corrected chi connectivity index (χ0v) is 20.9. The van der Waals surface area contributed by atoms with E-state index in [0.29, 0.717) is 25.9 Å². The lowest BCUT2D eigenvalue weighted by Gasteiger charge is -2.36. The van der Waals surface area contributed by atoms with Gasteiger partial charge in [-0.3, -0.25) is 19.7 Å². The largest absolute Gasteiger partial charge is 0.338 e. The van der Waals surface area contributed by atoms with Gasteiger partial charge in [-0.05, 0) is 75.0 Å². The number of hydrogen-bond acceptors (Lipinski definition) is 4. The van der Waals surface area contributed by atoms with Crippen molar-refractivity contribution in [2.45, 2.75) is 102 Å². The molecule has 2 saturated heterocycles. The summed E-state index contributed by atoms with van der Waals surface area (Å²) in [6.07, 6.45) is 15.1. The number of amides is 5. The minimum atomic E-state index is -0.513. The molecule has 3 aliphatic carbocycles. The van der Waals surface area contributed by atoms with E-state index in [1.54, 1.807) is 4.90 Å². The van der Waals surface area contributed by atoms with Crippen LogP contribution in [0.25, 0.3) is 0 Å². The summed E-state index contributed by atoms with van der Waals surface area (Å²) < 4.78 is 0. The molecule has 5 fully saturated rings. The van der Waals surface area contributed by atoms with Crippen molar-refractivity contribution < 1.29 is 19.2 Å². The molecule has 0 radical (unpaired) electrons. The maximum atomic E-state index is 13.1. The third kappa shape index (κ3) is 5.67. The van der Waals surface area contributed by atoms with Crippen LogP contribution in [0.15, 0.2) is 0 Å². The Morgan fingerprint density at radius 1 is 0.857 bits per heavy atom. The van der Waals surface area contributed by atoms with Crippen LogP contribution in [0.4, 0.5) is 4.79 Å². The first kappa shape index (κ1) is 24.6. The van der Waals surface area contributed by atoms with Gasteiger partial charge in [0, 0.05) is 31.5 Å². The van der Waals surface area contributed by atoms with Gasteiger partial charge < -0.3 is 15.5 Å². The van der Waals surface area contributed by atoms with Crippen molar-refractivity contribution in [2.24, 2.45) is 29.6 Å². The maximum absolute atomic E-state index is 13.1. The van der Waals surface area contributed by atoms with Gasteiger partial charge in [-0.15, -0.1) is 0 Å². The molecule has 4 atom stereocenters. The minimum Gasteiger partial charge on any atom is -0.338 e. The van der Waals surface area contributed by atoms with Crippen molar-refractivity contribution in [1.29, 1.82) is 0 Å². The van der Waals surface area contributed by atoms with Gasteiger partial charge in [-0.25, -0.2) is 4.79 Å². The second-order valence-corrected chi connectivity index (χ2v) is 11.9. The molecule has 5 rings (SSSR count). The highest BCUT2D eigenvalue weighted by atomic mass is 16.2. The fraction of sp³-hybridized carbons (Fsp3) is 0.852. The van der Waals surface area contributed by atoms with Crippen LogP contribution in [0.5, 0.6) is 0 Å². The molecule has 8 nitrogen and oxygen atoms in total. The van der Waals surface area contributed by atoms with Crippen molar-refractivity contribution >= 4 is 23.8 Å². The quantitative estimate of drug-likeness (QED) is 0.519. The average molecular weight is 487 g/mol. The molecule has 5 amide bonds. The molecule has 2 aliphatic heterocycles. The zero-order chi connectivity index (χ0) is 24.4. The summed E-state index contributed by atoms with van der Waals surface area (Å²) in [4.78, 5) is 51.1. The number of imide groups is 1. The van der Waals surface area contributed by atoms with E-state index in [0.717, 1.165) is 43.9 Å². The summed E-state index contributed by atoms with van der Waals surface area (Å²) >= 11 is 0. The molecule has 35 heavy (non-hydrogen) atoms. The molecule has 4 unspecified atom stereocenters. The first-order chi connectivity index (χ1) is 17.0. The van der Waals surface area contributed by atoms with E-state index in [-0.39, 0.29) is 47.5 Å². The van der Waals surface area contributed by atoms with Crippen LogP contribution >= 0.6 is 0 Å². The van der Waals surface area contributed by atoms with Gasteiger partial charge >= 0.3 is 6.03 Å². The van der Waals surface area contributed by atoms with Crippen LogP contribution in [-0.2, 0) is 14.4 Å². The summed E-state index contributed by atoms with van der Waals surface area (Å²) in [7, 11) is 0. The van der Waals surface area contributed by atoms with Crippen LogP contribution in [0.3, 0.4) is 0 Å². The van der Waals surface area contributed by atoms with Gasteiger partial charge in [0.25, 0.3) is 0 Å². The molecule has 0 aromatic heterocycles. The van der Waals surface area contributed by atoms with E-state index < -0.39 is 6.04 Å². The molecule has 0 bridgehead atoms. The fourth-order valence-corrected chi connectivity index (χ4v) is 7.66. The maximum Gasteiger partial charge on any atom is 0.315 e. The van der Waals surface area contributed by atoms with Crippen LogP contribution in [0.1, 0.15) is 89.9 Å². The number of piperidine rings is 1. The lowest BCUT2D eigenvalue weighted by atomic mass is 9.72. The predicted molar refractivity (Wildman–Crippen MR) is 131 cm³/mol. The Morgan fingerprint density at radius 2 is 1.57 bits per heavy atom. The van der Waals surface area contributed by atoms with Crippen LogP contribution in [0.2, 0.25) is 0 Å². The molecular weight excluding hydrogens is 444 g/mol. The number of carbonyl (C=O) groups is 4. The van der Waals surface area contributed by atoms with E-state index in [9.17, 15) is 19.2 Å². The average Bonchev–Trinajstić information content (AvgIpc) is 3.19. The van der Waals surface area contributed by atoms with Crippen LogP contribution in [0, 0.1) is 29.6 Å². The molecule has 2 heterocycles. The Labute approximate surface area is 208 Å².